The van der Waals surface area contributed by atoms with Crippen molar-refractivity contribution < 1.29 is 50.6 Å². The van der Waals surface area contributed by atoms with Crippen LogP contribution < -0.4 is 37.1 Å². The second-order valence-corrected chi connectivity index (χ2v) is 10.3. The Morgan fingerprint density at radius 1 is 1.20 bits per heavy atom. The monoisotopic (exact) mass is 598 g/mol. The number of hydrogen-bond acceptors (Lipinski definition) is 8. The van der Waals surface area contributed by atoms with Crippen molar-refractivity contribution in [3.63, 3.8) is 0 Å². The number of ether oxygens (including phenoxy) is 1. The Labute approximate surface area is 245 Å². The maximum Gasteiger partial charge on any atom is 0.338 e. The number of carbonyl (C=O) groups excluding carboxylic acids is 2. The largest absolute Gasteiger partial charge is 0.550 e. The van der Waals surface area contributed by atoms with Crippen LogP contribution in [0.25, 0.3) is 0 Å². The zero-order chi connectivity index (χ0) is 30.8. The van der Waals surface area contributed by atoms with Crippen molar-refractivity contribution in [3.05, 3.63) is 53.6 Å². The number of guanidine groups is 1. The molecule has 41 heavy (non-hydrogen) atoms. The summed E-state index contributed by atoms with van der Waals surface area (Å²) >= 11 is 5.89. The molecule has 1 fully saturated rings. The van der Waals surface area contributed by atoms with Gasteiger partial charge in [0, 0.05) is 29.8 Å². The minimum Gasteiger partial charge on any atom is -0.550 e. The van der Waals surface area contributed by atoms with Crippen LogP contribution in [0, 0.1) is 11.8 Å². The number of hydrogen-bond donors (Lipinski definition) is 7. The summed E-state index contributed by atoms with van der Waals surface area (Å²) in [5.74, 6) is -1.93. The molecule has 0 aliphatic heterocycles. The smallest absolute Gasteiger partial charge is 0.338 e. The number of nitrogens with two attached hydrogens (primary N) is 2. The van der Waals surface area contributed by atoms with Crippen LogP contribution in [0.5, 0.6) is 5.75 Å². The predicted octanol–water partition coefficient (Wildman–Crippen LogP) is -3.66. The van der Waals surface area contributed by atoms with Crippen molar-refractivity contribution in [2.24, 2.45) is 23.3 Å². The molecule has 11 N–H and O–H groups in total. The molecular weight excluding hydrogens is 556 g/mol. The van der Waals surface area contributed by atoms with Crippen LogP contribution >= 0.6 is 11.6 Å². The fourth-order valence-corrected chi connectivity index (χ4v) is 4.37. The molecule has 230 valence electrons. The van der Waals surface area contributed by atoms with Gasteiger partial charge in [0.15, 0.2) is 0 Å². The highest BCUT2D eigenvalue weighted by atomic mass is 35.5. The third kappa shape index (κ3) is 16.0. The van der Waals surface area contributed by atoms with Crippen LogP contribution in [0.2, 0.25) is 5.02 Å². The van der Waals surface area contributed by atoms with Gasteiger partial charge in [0.05, 0.1) is 24.7 Å². The van der Waals surface area contributed by atoms with Gasteiger partial charge in [-0.1, -0.05) is 42.0 Å². The Bertz CT molecular complexity index is 1020. The lowest BCUT2D eigenvalue weighted by atomic mass is 9.89. The fraction of sp³-hybridized carbons (Fsp3) is 0.536. The molecule has 1 aliphatic rings. The average Bonchev–Trinajstić information content (AvgIpc) is 3.17. The Morgan fingerprint density at radius 2 is 1.93 bits per heavy atom. The number of carbonyl (C=O) groups is 2. The third-order valence-electron chi connectivity index (χ3n) is 6.41. The SMILES string of the molecule is NC(N)=[NH+]CCC[C@H]([NH3+])C(=O)[O-].O=C([O-])CCC/C=C\CC1[C@@H](/C=C/[C@@H](O)COc2cccc(Cl)c2)[C@H](O)C[C@@H]1O. The summed E-state index contributed by atoms with van der Waals surface area (Å²) in [5.41, 5.74) is 13.6. The first-order valence-electron chi connectivity index (χ1n) is 13.5. The van der Waals surface area contributed by atoms with Gasteiger partial charge in [-0.3, -0.25) is 16.5 Å². The van der Waals surface area contributed by atoms with Crippen LogP contribution in [0.4, 0.5) is 0 Å². The standard InChI is InChI=1S/C22H29ClO6.C6H14N4O2/c23-15-6-5-7-17(12-15)29-14-16(24)10-11-19-18(20(25)13-21(19)26)8-3-1-2-4-9-22(27)28;7-4(5(11)12)2-1-3-10-6(8)9/h1,3,5-7,10-12,16,18-21,24-26H,2,4,8-9,13-14H2,(H,27,28);4H,1-3,7H2,(H,11,12)(H4,8,9,10)/b3-1-,11-10+;/t16-,18?,19-,20+,21-;4-/m10/s1. The van der Waals surface area contributed by atoms with Crippen molar-refractivity contribution in [3.8, 4) is 5.75 Å². The zero-order valence-electron chi connectivity index (χ0n) is 23.1. The molecule has 0 amide bonds. The molecule has 12 nitrogen and oxygen atoms in total. The minimum absolute atomic E-state index is 0.0234. The van der Waals surface area contributed by atoms with E-state index in [1.54, 1.807) is 36.4 Å². The second kappa shape index (κ2) is 19.8. The number of carboxylic acid groups (broad SMARTS) is 2. The van der Waals surface area contributed by atoms with E-state index in [9.17, 15) is 35.1 Å². The number of nitrogens with one attached hydrogen (secondary N) is 1. The van der Waals surface area contributed by atoms with Gasteiger partial charge in [0.2, 0.25) is 0 Å². The van der Waals surface area contributed by atoms with Crippen molar-refractivity contribution in [2.45, 2.75) is 69.3 Å². The minimum atomic E-state index is -1.13. The lowest BCUT2D eigenvalue weighted by molar-refractivity contribution is -0.466. The summed E-state index contributed by atoms with van der Waals surface area (Å²) < 4.78 is 5.50. The first kappa shape index (κ1) is 35.9. The van der Waals surface area contributed by atoms with Crippen molar-refractivity contribution in [1.29, 1.82) is 0 Å². The van der Waals surface area contributed by atoms with Crippen LogP contribution in [0.1, 0.15) is 44.9 Å². The van der Waals surface area contributed by atoms with Gasteiger partial charge in [0.1, 0.15) is 24.5 Å². The first-order valence-corrected chi connectivity index (χ1v) is 13.9. The van der Waals surface area contributed by atoms with Crippen molar-refractivity contribution >= 4 is 29.5 Å². The summed E-state index contributed by atoms with van der Waals surface area (Å²) in [6.07, 6.45) is 8.05. The van der Waals surface area contributed by atoms with E-state index in [0.29, 0.717) is 49.4 Å². The van der Waals surface area contributed by atoms with Gasteiger partial charge >= 0.3 is 5.96 Å². The molecule has 0 aromatic heterocycles. The highest BCUT2D eigenvalue weighted by Gasteiger charge is 2.39. The predicted molar refractivity (Wildman–Crippen MR) is 148 cm³/mol. The average molecular weight is 599 g/mol. The number of rotatable bonds is 16. The van der Waals surface area contributed by atoms with Crippen LogP contribution in [0.15, 0.2) is 48.6 Å². The van der Waals surface area contributed by atoms with E-state index in [1.807, 2.05) is 12.2 Å². The number of aliphatic hydroxyl groups excluding tert-OH is 3. The number of halogens is 1. The zero-order valence-corrected chi connectivity index (χ0v) is 23.8. The summed E-state index contributed by atoms with van der Waals surface area (Å²) in [5, 5.41) is 51.7. The molecule has 0 spiro atoms. The highest BCUT2D eigenvalue weighted by molar-refractivity contribution is 6.30. The summed E-state index contributed by atoms with van der Waals surface area (Å²) in [4.78, 5) is 23.2. The second-order valence-electron chi connectivity index (χ2n) is 9.84. The molecular formula is C28H43ClN4O8. The van der Waals surface area contributed by atoms with Crippen LogP contribution in [-0.4, -0.2) is 70.7 Å². The molecule has 6 atom stereocenters. The number of benzene rings is 1. The third-order valence-corrected chi connectivity index (χ3v) is 6.64. The quantitative estimate of drug-likeness (QED) is 0.0425. The Hall–Kier alpha value is -3.16. The molecule has 0 heterocycles. The number of unbranched alkanes of at least 4 members (excludes halogenated alkanes) is 1. The Kier molecular flexibility index (Phi) is 17.4. The van der Waals surface area contributed by atoms with Gasteiger partial charge in [-0.05, 0) is 56.2 Å². The van der Waals surface area contributed by atoms with E-state index >= 15 is 0 Å². The van der Waals surface area contributed by atoms with E-state index < -0.39 is 36.3 Å². The maximum atomic E-state index is 10.4. The number of allylic oxidation sites excluding steroid dienone is 2. The van der Waals surface area contributed by atoms with Gasteiger partial charge in [-0.25, -0.2) is 0 Å². The van der Waals surface area contributed by atoms with E-state index in [1.165, 1.54) is 0 Å². The maximum absolute atomic E-state index is 10.4. The molecule has 0 radical (unpaired) electrons. The van der Waals surface area contributed by atoms with Crippen LogP contribution in [-0.2, 0) is 9.59 Å². The molecule has 2 rings (SSSR count). The van der Waals surface area contributed by atoms with Crippen LogP contribution in [0.3, 0.4) is 0 Å². The van der Waals surface area contributed by atoms with Gasteiger partial charge < -0.3 is 45.6 Å². The van der Waals surface area contributed by atoms with Gasteiger partial charge in [-0.2, -0.15) is 0 Å². The Morgan fingerprint density at radius 3 is 2.56 bits per heavy atom. The summed E-state index contributed by atoms with van der Waals surface area (Å²) in [7, 11) is 0. The molecule has 13 heteroatoms. The van der Waals surface area contributed by atoms with Crippen molar-refractivity contribution in [1.82, 2.24) is 0 Å². The molecule has 1 aromatic carbocycles. The molecule has 1 aromatic rings. The van der Waals surface area contributed by atoms with Gasteiger partial charge in [0.25, 0.3) is 0 Å². The van der Waals surface area contributed by atoms with E-state index in [2.05, 4.69) is 10.7 Å². The molecule has 1 unspecified atom stereocenters. The number of aliphatic carboxylic acids is 2. The lowest BCUT2D eigenvalue weighted by Gasteiger charge is -2.19. The number of aliphatic hydroxyl groups is 3. The summed E-state index contributed by atoms with van der Waals surface area (Å²) in [6.45, 7) is 0.604. The highest BCUT2D eigenvalue weighted by Crippen LogP contribution is 2.36. The first-order chi connectivity index (χ1) is 19.4. The normalized spacial score (nSPS) is 21.7. The topological polar surface area (TPSA) is 244 Å². The van der Waals surface area contributed by atoms with E-state index in [-0.39, 0.29) is 37.2 Å². The molecule has 1 aliphatic carbocycles. The van der Waals surface area contributed by atoms with Gasteiger partial charge in [-0.15, -0.1) is 0 Å². The summed E-state index contributed by atoms with van der Waals surface area (Å²) in [6, 6.07) is 6.23. The van der Waals surface area contributed by atoms with Crippen molar-refractivity contribution in [2.75, 3.05) is 13.2 Å². The molecule has 0 bridgehead atoms. The number of carboxylic acids is 2. The molecule has 0 saturated heterocycles. The van der Waals surface area contributed by atoms with E-state index in [4.69, 9.17) is 27.8 Å². The van der Waals surface area contributed by atoms with E-state index in [0.717, 1.165) is 0 Å². The lowest BCUT2D eigenvalue weighted by Crippen LogP contribution is -2.78. The number of quaternary nitrogens is 1. The molecule has 1 saturated carbocycles. The fourth-order valence-electron chi connectivity index (χ4n) is 4.19. The Balaban J connectivity index is 0.000000590.